The van der Waals surface area contributed by atoms with Crippen molar-refractivity contribution < 1.29 is 22.5 Å². The molecule has 6 nitrogen and oxygen atoms in total. The number of allylic oxidation sites excluding steroid dienone is 1. The maximum Gasteiger partial charge on any atom is 0.419 e. The average molecular weight is 509 g/mol. The van der Waals surface area contributed by atoms with Gasteiger partial charge in [-0.25, -0.2) is 4.99 Å². The molecule has 1 aliphatic heterocycles. The molecule has 0 radical (unpaired) electrons. The van der Waals surface area contributed by atoms with Crippen LogP contribution < -0.4 is 20.8 Å². The molecule has 2 aromatic rings. The van der Waals surface area contributed by atoms with Gasteiger partial charge in [-0.1, -0.05) is 6.08 Å². The van der Waals surface area contributed by atoms with E-state index in [0.29, 0.717) is 24.6 Å². The lowest BCUT2D eigenvalue weighted by Gasteiger charge is -2.29. The number of nitrogens with zero attached hydrogens (tertiary/aromatic N) is 2. The maximum absolute atomic E-state index is 13.8. The molecule has 1 fully saturated rings. The van der Waals surface area contributed by atoms with Gasteiger partial charge in [-0.05, 0) is 75.7 Å². The molecule has 0 saturated carbocycles. The van der Waals surface area contributed by atoms with Crippen LogP contribution in [0.5, 0.6) is 0 Å². The Hall–Kier alpha value is -2.77. The molecule has 1 aliphatic rings. The highest BCUT2D eigenvalue weighted by Crippen LogP contribution is 2.34. The van der Waals surface area contributed by atoms with E-state index in [9.17, 15) is 17.7 Å². The molecule has 0 aliphatic carbocycles. The van der Waals surface area contributed by atoms with Crippen LogP contribution in [0.2, 0.25) is 0 Å². The second kappa shape index (κ2) is 11.3. The summed E-state index contributed by atoms with van der Waals surface area (Å²) in [4.78, 5) is 6.48. The van der Waals surface area contributed by atoms with E-state index in [1.54, 1.807) is 56.7 Å². The van der Waals surface area contributed by atoms with Crippen LogP contribution in [0.4, 0.5) is 30.2 Å². The molecular formula is C25H32F3N4O2P. The van der Waals surface area contributed by atoms with E-state index in [0.717, 1.165) is 30.2 Å². The Morgan fingerprint density at radius 1 is 1.06 bits per heavy atom. The zero-order valence-corrected chi connectivity index (χ0v) is 21.3. The lowest BCUT2D eigenvalue weighted by atomic mass is 10.2. The van der Waals surface area contributed by atoms with E-state index in [-0.39, 0.29) is 5.84 Å². The van der Waals surface area contributed by atoms with Gasteiger partial charge in [0.2, 0.25) is 0 Å². The Morgan fingerprint density at radius 2 is 1.63 bits per heavy atom. The SMILES string of the molecule is C/C=C(\C(=N/C(C)Nc1ccc(P(C)(C)=O)cc1)Nc1ccc(N2CCOCC2)cc1)C(F)(F)F. The van der Waals surface area contributed by atoms with Gasteiger partial charge in [0.05, 0.1) is 18.8 Å². The number of rotatable bonds is 7. The quantitative estimate of drug-likeness (QED) is 0.292. The molecule has 1 heterocycles. The number of halogens is 3. The smallest absolute Gasteiger partial charge is 0.378 e. The second-order valence-corrected chi connectivity index (χ2v) is 11.9. The summed E-state index contributed by atoms with van der Waals surface area (Å²) < 4.78 is 58.9. The minimum atomic E-state index is -4.57. The Bertz CT molecular complexity index is 1090. The molecular weight excluding hydrogens is 476 g/mol. The topological polar surface area (TPSA) is 66.0 Å². The number of benzene rings is 2. The first-order valence-corrected chi connectivity index (χ1v) is 14.0. The number of hydrogen-bond donors (Lipinski definition) is 2. The van der Waals surface area contributed by atoms with Crippen molar-refractivity contribution in [2.24, 2.45) is 4.99 Å². The average Bonchev–Trinajstić information content (AvgIpc) is 2.79. The third kappa shape index (κ3) is 7.61. The van der Waals surface area contributed by atoms with Crippen LogP contribution in [0.15, 0.2) is 65.2 Å². The minimum absolute atomic E-state index is 0.276. The van der Waals surface area contributed by atoms with Crippen molar-refractivity contribution in [1.29, 1.82) is 0 Å². The highest BCUT2D eigenvalue weighted by Gasteiger charge is 2.36. The van der Waals surface area contributed by atoms with Crippen molar-refractivity contribution >= 4 is 35.3 Å². The zero-order valence-electron chi connectivity index (χ0n) is 20.4. The Balaban J connectivity index is 1.80. The van der Waals surface area contributed by atoms with E-state index in [1.807, 2.05) is 12.1 Å². The predicted octanol–water partition coefficient (Wildman–Crippen LogP) is 5.55. The van der Waals surface area contributed by atoms with Crippen LogP contribution in [0.3, 0.4) is 0 Å². The molecule has 1 saturated heterocycles. The van der Waals surface area contributed by atoms with Gasteiger partial charge >= 0.3 is 6.18 Å². The van der Waals surface area contributed by atoms with Gasteiger partial charge < -0.3 is 24.8 Å². The third-order valence-corrected chi connectivity index (χ3v) is 7.08. The number of ether oxygens (including phenoxy) is 1. The molecule has 2 N–H and O–H groups in total. The first kappa shape index (κ1) is 26.8. The van der Waals surface area contributed by atoms with Gasteiger partial charge in [-0.2, -0.15) is 13.2 Å². The summed E-state index contributed by atoms with van der Waals surface area (Å²) in [5.74, 6) is -0.276. The molecule has 0 bridgehead atoms. The van der Waals surface area contributed by atoms with Crippen molar-refractivity contribution in [2.75, 3.05) is 55.2 Å². The van der Waals surface area contributed by atoms with Crippen molar-refractivity contribution in [1.82, 2.24) is 0 Å². The lowest BCUT2D eigenvalue weighted by molar-refractivity contribution is -0.0861. The molecule has 1 atom stereocenters. The Labute approximate surface area is 204 Å². The summed E-state index contributed by atoms with van der Waals surface area (Å²) in [5, 5.41) is 6.67. The van der Waals surface area contributed by atoms with Crippen molar-refractivity contribution in [3.8, 4) is 0 Å². The molecule has 1 unspecified atom stereocenters. The van der Waals surface area contributed by atoms with E-state index >= 15 is 0 Å². The molecule has 2 aromatic carbocycles. The van der Waals surface area contributed by atoms with Gasteiger partial charge in [0, 0.05) is 35.5 Å². The largest absolute Gasteiger partial charge is 0.419 e. The molecule has 3 rings (SSSR count). The molecule has 0 amide bonds. The predicted molar refractivity (Wildman–Crippen MR) is 139 cm³/mol. The highest BCUT2D eigenvalue weighted by molar-refractivity contribution is 7.70. The lowest BCUT2D eigenvalue weighted by Crippen LogP contribution is -2.36. The van der Waals surface area contributed by atoms with Gasteiger partial charge in [0.1, 0.15) is 19.1 Å². The second-order valence-electron chi connectivity index (χ2n) is 8.67. The van der Waals surface area contributed by atoms with Crippen LogP contribution in [0.1, 0.15) is 13.8 Å². The highest BCUT2D eigenvalue weighted by atomic mass is 31.2. The minimum Gasteiger partial charge on any atom is -0.378 e. The van der Waals surface area contributed by atoms with Crippen LogP contribution >= 0.6 is 7.14 Å². The van der Waals surface area contributed by atoms with Gasteiger partial charge in [0.25, 0.3) is 0 Å². The third-order valence-electron chi connectivity index (χ3n) is 5.54. The van der Waals surface area contributed by atoms with Gasteiger partial charge in [-0.3, -0.25) is 0 Å². The summed E-state index contributed by atoms with van der Waals surface area (Å²) in [6, 6.07) is 14.2. The molecule has 10 heteroatoms. The fraction of sp³-hybridized carbons (Fsp3) is 0.400. The van der Waals surface area contributed by atoms with Crippen LogP contribution in [-0.2, 0) is 9.30 Å². The Kier molecular flexibility index (Phi) is 8.67. The number of aliphatic imine (C=N–C) groups is 1. The number of anilines is 3. The first-order valence-electron chi connectivity index (χ1n) is 11.4. The van der Waals surface area contributed by atoms with Crippen molar-refractivity contribution in [2.45, 2.75) is 26.2 Å². The maximum atomic E-state index is 13.8. The summed E-state index contributed by atoms with van der Waals surface area (Å²) in [5.41, 5.74) is 1.31. The molecule has 0 aromatic heterocycles. The molecule has 0 spiro atoms. The number of alkyl halides is 3. The van der Waals surface area contributed by atoms with E-state index < -0.39 is 25.1 Å². The first-order chi connectivity index (χ1) is 16.5. The van der Waals surface area contributed by atoms with Crippen molar-refractivity contribution in [3.63, 3.8) is 0 Å². The normalized spacial score (nSPS) is 16.7. The van der Waals surface area contributed by atoms with Crippen molar-refractivity contribution in [3.05, 3.63) is 60.2 Å². The van der Waals surface area contributed by atoms with E-state index in [4.69, 9.17) is 4.74 Å². The number of morpholine rings is 1. The van der Waals surface area contributed by atoms with E-state index in [1.165, 1.54) is 6.92 Å². The molecule has 190 valence electrons. The van der Waals surface area contributed by atoms with Crippen LogP contribution in [0.25, 0.3) is 0 Å². The van der Waals surface area contributed by atoms with Gasteiger partial charge in [-0.15, -0.1) is 0 Å². The Morgan fingerprint density at radius 3 is 2.14 bits per heavy atom. The molecule has 35 heavy (non-hydrogen) atoms. The summed E-state index contributed by atoms with van der Waals surface area (Å²) >= 11 is 0. The fourth-order valence-corrected chi connectivity index (χ4v) is 4.57. The van der Waals surface area contributed by atoms with Crippen LogP contribution in [0, 0.1) is 0 Å². The number of amidine groups is 1. The van der Waals surface area contributed by atoms with Crippen LogP contribution in [-0.4, -0.2) is 57.8 Å². The van der Waals surface area contributed by atoms with E-state index in [2.05, 4.69) is 20.5 Å². The monoisotopic (exact) mass is 508 g/mol. The number of hydrogen-bond acceptors (Lipinski definition) is 5. The zero-order chi connectivity index (χ0) is 25.6. The number of nitrogens with one attached hydrogen (secondary N) is 2. The summed E-state index contributed by atoms with van der Waals surface area (Å²) in [6.45, 7) is 9.22. The fourth-order valence-electron chi connectivity index (χ4n) is 3.70. The summed E-state index contributed by atoms with van der Waals surface area (Å²) in [7, 11) is -2.39. The summed E-state index contributed by atoms with van der Waals surface area (Å²) in [6.07, 6.45) is -4.22. The van der Waals surface area contributed by atoms with Gasteiger partial charge in [0.15, 0.2) is 0 Å². The standard InChI is InChI=1S/C25H32F3N4O2P/c1-5-23(25(26,27)28)24(30-18(2)29-19-8-12-22(13-9-19)35(3,4)33)31-20-6-10-21(11-7-20)32-14-16-34-17-15-32/h5-13,18,29H,14-17H2,1-4H3,(H,30,31)/b23-5+.